The van der Waals surface area contributed by atoms with Gasteiger partial charge in [0.1, 0.15) is 0 Å². The van der Waals surface area contributed by atoms with E-state index in [4.69, 9.17) is 9.15 Å². The summed E-state index contributed by atoms with van der Waals surface area (Å²) < 4.78 is 11.0. The summed E-state index contributed by atoms with van der Waals surface area (Å²) in [5, 5.41) is 14.8. The predicted octanol–water partition coefficient (Wildman–Crippen LogP) is 1.30. The maximum atomic E-state index is 5.59. The normalized spacial score (nSPS) is 22.9. The van der Waals surface area contributed by atoms with E-state index in [2.05, 4.69) is 27.8 Å². The van der Waals surface area contributed by atoms with Crippen molar-refractivity contribution in [3.8, 4) is 0 Å². The molecule has 2 fully saturated rings. The Morgan fingerprint density at radius 1 is 1.28 bits per heavy atom. The smallest absolute Gasteiger partial charge is 0.315 e. The Labute approximate surface area is 106 Å². The molecule has 6 heteroatoms. The lowest BCUT2D eigenvalue weighted by Crippen LogP contribution is -2.40. The second-order valence-corrected chi connectivity index (χ2v) is 5.45. The van der Waals surface area contributed by atoms with Gasteiger partial charge in [0.05, 0.1) is 6.54 Å². The molecule has 6 nitrogen and oxygen atoms in total. The maximum absolute atomic E-state index is 5.59. The molecule has 1 aromatic rings. The first-order valence-electron chi connectivity index (χ1n) is 6.65. The summed E-state index contributed by atoms with van der Waals surface area (Å²) in [5.74, 6) is 0.653. The van der Waals surface area contributed by atoms with E-state index in [-0.39, 0.29) is 5.54 Å². The molecule has 2 aliphatic rings. The molecule has 1 aliphatic heterocycles. The van der Waals surface area contributed by atoms with Crippen molar-refractivity contribution in [1.82, 2.24) is 15.5 Å². The highest BCUT2D eigenvalue weighted by molar-refractivity contribution is 5.23. The van der Waals surface area contributed by atoms with E-state index in [0.29, 0.717) is 24.5 Å². The number of ether oxygens (including phenoxy) is 1. The fourth-order valence-corrected chi connectivity index (χ4v) is 2.10. The number of aromatic nitrogens is 2. The molecule has 1 saturated heterocycles. The Morgan fingerprint density at radius 2 is 2.06 bits per heavy atom. The Morgan fingerprint density at radius 3 is 2.78 bits per heavy atom. The lowest BCUT2D eigenvalue weighted by atomic mass is 9.93. The zero-order chi connectivity index (χ0) is 12.4. The molecule has 0 aromatic carbocycles. The summed E-state index contributed by atoms with van der Waals surface area (Å²) in [6.45, 7) is 4.41. The minimum Gasteiger partial charge on any atom is -0.407 e. The zero-order valence-electron chi connectivity index (χ0n) is 10.7. The van der Waals surface area contributed by atoms with Crippen LogP contribution in [0, 0.1) is 0 Å². The van der Waals surface area contributed by atoms with Gasteiger partial charge in [-0.05, 0) is 32.6 Å². The average Bonchev–Trinajstić information content (AvgIpc) is 3.09. The first-order chi connectivity index (χ1) is 8.73. The fraction of sp³-hybridized carbons (Fsp3) is 0.833. The average molecular weight is 252 g/mol. The van der Waals surface area contributed by atoms with E-state index >= 15 is 0 Å². The van der Waals surface area contributed by atoms with Crippen molar-refractivity contribution in [3.63, 3.8) is 0 Å². The van der Waals surface area contributed by atoms with Gasteiger partial charge in [-0.15, -0.1) is 5.10 Å². The van der Waals surface area contributed by atoms with Crippen molar-refractivity contribution < 1.29 is 9.15 Å². The minimum atomic E-state index is 0.00593. The molecule has 0 unspecified atom stereocenters. The molecule has 3 rings (SSSR count). The van der Waals surface area contributed by atoms with Gasteiger partial charge in [-0.1, -0.05) is 5.10 Å². The molecule has 0 amide bonds. The third-order valence-corrected chi connectivity index (χ3v) is 3.59. The molecule has 1 aromatic heterocycles. The van der Waals surface area contributed by atoms with E-state index in [1.54, 1.807) is 0 Å². The number of hydrogen-bond donors (Lipinski definition) is 2. The van der Waals surface area contributed by atoms with Crippen molar-refractivity contribution in [3.05, 3.63) is 5.89 Å². The van der Waals surface area contributed by atoms with E-state index in [9.17, 15) is 0 Å². The van der Waals surface area contributed by atoms with Gasteiger partial charge in [0.15, 0.2) is 0 Å². The SMILES string of the molecule is CC1(Nc2nnc(CNC3CC3)o2)CCOCC1. The Bertz CT molecular complexity index is 397. The van der Waals surface area contributed by atoms with Crippen LogP contribution >= 0.6 is 0 Å². The standard InChI is InChI=1S/C12H20N4O2/c1-12(4-6-17-7-5-12)14-11-16-15-10(18-11)8-13-9-2-3-9/h9,13H,2-8H2,1H3,(H,14,16). The highest BCUT2D eigenvalue weighted by Crippen LogP contribution is 2.25. The van der Waals surface area contributed by atoms with Crippen molar-refractivity contribution in [2.24, 2.45) is 0 Å². The molecule has 100 valence electrons. The summed E-state index contributed by atoms with van der Waals surface area (Å²) in [4.78, 5) is 0. The van der Waals surface area contributed by atoms with Crippen LogP contribution in [-0.4, -0.2) is 35.0 Å². The van der Waals surface area contributed by atoms with Crippen LogP contribution in [0.2, 0.25) is 0 Å². The molecule has 0 spiro atoms. The second kappa shape index (κ2) is 4.85. The van der Waals surface area contributed by atoms with Crippen LogP contribution in [0.3, 0.4) is 0 Å². The second-order valence-electron chi connectivity index (χ2n) is 5.45. The van der Waals surface area contributed by atoms with Crippen LogP contribution in [-0.2, 0) is 11.3 Å². The van der Waals surface area contributed by atoms with Crippen molar-refractivity contribution in [1.29, 1.82) is 0 Å². The number of rotatable bonds is 5. The molecular formula is C12H20N4O2. The topological polar surface area (TPSA) is 72.2 Å². The first kappa shape index (κ1) is 11.9. The molecule has 0 bridgehead atoms. The number of nitrogens with one attached hydrogen (secondary N) is 2. The minimum absolute atomic E-state index is 0.00593. The van der Waals surface area contributed by atoms with Gasteiger partial charge in [-0.25, -0.2) is 0 Å². The quantitative estimate of drug-likeness (QED) is 0.823. The van der Waals surface area contributed by atoms with E-state index in [1.165, 1.54) is 12.8 Å². The third kappa shape index (κ3) is 3.00. The summed E-state index contributed by atoms with van der Waals surface area (Å²) in [7, 11) is 0. The molecule has 18 heavy (non-hydrogen) atoms. The summed E-state index contributed by atoms with van der Waals surface area (Å²) >= 11 is 0. The lowest BCUT2D eigenvalue weighted by Gasteiger charge is -2.33. The van der Waals surface area contributed by atoms with Gasteiger partial charge in [0, 0.05) is 24.8 Å². The monoisotopic (exact) mass is 252 g/mol. The fourth-order valence-electron chi connectivity index (χ4n) is 2.10. The van der Waals surface area contributed by atoms with Crippen molar-refractivity contribution >= 4 is 6.01 Å². The Hall–Kier alpha value is -1.14. The van der Waals surface area contributed by atoms with Gasteiger partial charge in [-0.2, -0.15) is 0 Å². The van der Waals surface area contributed by atoms with E-state index in [1.807, 2.05) is 0 Å². The molecule has 0 radical (unpaired) electrons. The van der Waals surface area contributed by atoms with Gasteiger partial charge in [0.2, 0.25) is 5.89 Å². The van der Waals surface area contributed by atoms with Crippen LogP contribution in [0.4, 0.5) is 6.01 Å². The van der Waals surface area contributed by atoms with Gasteiger partial charge in [-0.3, -0.25) is 0 Å². The highest BCUT2D eigenvalue weighted by Gasteiger charge is 2.29. The summed E-state index contributed by atoms with van der Waals surface area (Å²) in [5.41, 5.74) is 0.00593. The van der Waals surface area contributed by atoms with Crippen LogP contribution in [0.25, 0.3) is 0 Å². The van der Waals surface area contributed by atoms with Gasteiger partial charge in [0.25, 0.3) is 0 Å². The number of hydrogen-bond acceptors (Lipinski definition) is 6. The number of nitrogens with zero attached hydrogens (tertiary/aromatic N) is 2. The molecule has 1 aliphatic carbocycles. The van der Waals surface area contributed by atoms with Crippen LogP contribution in [0.15, 0.2) is 4.42 Å². The van der Waals surface area contributed by atoms with E-state index in [0.717, 1.165) is 26.1 Å². The van der Waals surface area contributed by atoms with Gasteiger partial charge >= 0.3 is 6.01 Å². The molecule has 2 heterocycles. The Kier molecular flexibility index (Phi) is 3.22. The molecule has 1 saturated carbocycles. The van der Waals surface area contributed by atoms with Crippen LogP contribution < -0.4 is 10.6 Å². The van der Waals surface area contributed by atoms with Crippen LogP contribution in [0.5, 0.6) is 0 Å². The molecule has 2 N–H and O–H groups in total. The van der Waals surface area contributed by atoms with Crippen LogP contribution in [0.1, 0.15) is 38.5 Å². The third-order valence-electron chi connectivity index (χ3n) is 3.59. The lowest BCUT2D eigenvalue weighted by molar-refractivity contribution is 0.0650. The van der Waals surface area contributed by atoms with Crippen molar-refractivity contribution in [2.45, 2.75) is 50.7 Å². The predicted molar refractivity (Wildman–Crippen MR) is 66.2 cm³/mol. The summed E-state index contributed by atoms with van der Waals surface area (Å²) in [6.07, 6.45) is 4.45. The van der Waals surface area contributed by atoms with Gasteiger partial charge < -0.3 is 19.8 Å². The maximum Gasteiger partial charge on any atom is 0.315 e. The Balaban J connectivity index is 1.54. The zero-order valence-corrected chi connectivity index (χ0v) is 10.7. The van der Waals surface area contributed by atoms with Crippen molar-refractivity contribution in [2.75, 3.05) is 18.5 Å². The first-order valence-corrected chi connectivity index (χ1v) is 6.65. The largest absolute Gasteiger partial charge is 0.407 e. The van der Waals surface area contributed by atoms with E-state index < -0.39 is 0 Å². The molecule has 0 atom stereocenters. The molecular weight excluding hydrogens is 232 g/mol. The number of anilines is 1. The highest BCUT2D eigenvalue weighted by atomic mass is 16.5. The summed E-state index contributed by atoms with van der Waals surface area (Å²) in [6, 6.07) is 1.17.